The largest absolute Gasteiger partial charge is 0.465 e. The number of carbonyl (C=O) groups excluding carboxylic acids is 2. The van der Waals surface area contributed by atoms with Crippen LogP contribution in [0.4, 0.5) is 0 Å². The van der Waals surface area contributed by atoms with E-state index in [4.69, 9.17) is 47.5 Å². The molecule has 1 unspecified atom stereocenters. The van der Waals surface area contributed by atoms with E-state index in [0.29, 0.717) is 30.9 Å². The maximum Gasteiger partial charge on any atom is 0.308 e. The number of methoxy groups -OCH3 is 2. The zero-order valence-electron chi connectivity index (χ0n) is 42.1. The number of fused-ring (bicyclic) bond motifs is 3. The highest BCUT2D eigenvalue weighted by atomic mass is 16.7. The summed E-state index contributed by atoms with van der Waals surface area (Å²) in [6.07, 6.45) is -0.377. The van der Waals surface area contributed by atoms with Crippen molar-refractivity contribution < 1.29 is 72.4 Å². The van der Waals surface area contributed by atoms with E-state index >= 15 is 0 Å². The molecule has 1 aromatic heterocycles. The number of ketones is 1. The quantitative estimate of drug-likeness (QED) is 0.193. The number of cyclic esters (lactones) is 1. The third-order valence-electron chi connectivity index (χ3n) is 13.8. The molecule has 5 heterocycles. The smallest absolute Gasteiger partial charge is 0.308 e. The Bertz CT molecular complexity index is 2030. The number of nitrogens with zero attached hydrogens (tertiary/aromatic N) is 4. The number of benzene rings is 1. The molecule has 3 saturated heterocycles. The standard InChI is InChI=1S/C51H76N4O15/c1-30-15-16-39(56)31(2)22-37-17-20-63-27-38(53-67-29-41-52-18-19-55(41)24-35-13-11-10-12-14-35)28-64-40(32(3)47(37)70-50-46(60)43(54(6)7)44(58)33(4)68-50)23-42(57)65-25-36(21-30)26-66-51-49(62-9)48(61-8)45(59)34(5)69-51/h10-16,18-19,21,31-34,36-37,40,43-51,58-60H,17,20,22-29H2,1-9H3/b16-15+,30-21+,53-38+/t31-,32+,33-,34-,36+,37?,40-,43+,44-,45-,46-,47-,48-,49-,50+,51-/m1/s1. The van der Waals surface area contributed by atoms with E-state index in [1.807, 2.05) is 67.9 Å². The average Bonchev–Trinajstić information content (AvgIpc) is 3.77. The summed E-state index contributed by atoms with van der Waals surface area (Å²) in [4.78, 5) is 40.3. The van der Waals surface area contributed by atoms with Crippen LogP contribution in [0, 0.1) is 23.7 Å². The van der Waals surface area contributed by atoms with Crippen LogP contribution in [0.15, 0.2) is 71.7 Å². The molecule has 2 bridgehead atoms. The number of hydrogen-bond donors (Lipinski definition) is 3. The van der Waals surface area contributed by atoms with E-state index in [2.05, 4.69) is 10.1 Å². The Morgan fingerprint density at radius 2 is 1.63 bits per heavy atom. The summed E-state index contributed by atoms with van der Waals surface area (Å²) in [6, 6.07) is 9.30. The molecule has 16 atom stereocenters. The topological polar surface area (TPSA) is 221 Å². The summed E-state index contributed by atoms with van der Waals surface area (Å²) in [5.41, 5.74) is 2.27. The predicted octanol–water partition coefficient (Wildman–Crippen LogP) is 3.46. The Hall–Kier alpha value is -3.96. The highest BCUT2D eigenvalue weighted by Crippen LogP contribution is 2.36. The van der Waals surface area contributed by atoms with Gasteiger partial charge >= 0.3 is 5.97 Å². The van der Waals surface area contributed by atoms with Crippen LogP contribution >= 0.6 is 0 Å². The van der Waals surface area contributed by atoms with Gasteiger partial charge in [0.15, 0.2) is 25.0 Å². The van der Waals surface area contributed by atoms with Crippen molar-refractivity contribution in [1.82, 2.24) is 14.5 Å². The number of rotatable bonds is 13. The van der Waals surface area contributed by atoms with E-state index in [9.17, 15) is 24.9 Å². The molecule has 2 aromatic rings. The van der Waals surface area contributed by atoms with Crippen molar-refractivity contribution in [1.29, 1.82) is 0 Å². The molecule has 6 rings (SSSR count). The maximum absolute atomic E-state index is 14.2. The van der Waals surface area contributed by atoms with E-state index in [1.54, 1.807) is 51.2 Å². The van der Waals surface area contributed by atoms with Crippen molar-refractivity contribution in [3.05, 3.63) is 77.9 Å². The molecule has 4 aliphatic heterocycles. The molecule has 3 fully saturated rings. The van der Waals surface area contributed by atoms with Crippen molar-refractivity contribution >= 4 is 17.5 Å². The van der Waals surface area contributed by atoms with Crippen LogP contribution in [0.1, 0.15) is 65.3 Å². The van der Waals surface area contributed by atoms with E-state index in [1.165, 1.54) is 14.2 Å². The van der Waals surface area contributed by atoms with Crippen molar-refractivity contribution in [2.75, 3.05) is 61.3 Å². The molecule has 0 amide bonds. The molecular weight excluding hydrogens is 909 g/mol. The molecule has 0 radical (unpaired) electrons. The van der Waals surface area contributed by atoms with Gasteiger partial charge < -0.3 is 72.3 Å². The third kappa shape index (κ3) is 14.8. The fraction of sp³-hybridized carbons (Fsp3) is 0.686. The van der Waals surface area contributed by atoms with Crippen molar-refractivity contribution in [2.24, 2.45) is 28.8 Å². The minimum absolute atomic E-state index is 0.0254. The lowest BCUT2D eigenvalue weighted by Crippen LogP contribution is -2.63. The second-order valence-electron chi connectivity index (χ2n) is 19.3. The van der Waals surface area contributed by atoms with E-state index < -0.39 is 97.3 Å². The van der Waals surface area contributed by atoms with Gasteiger partial charge in [0.2, 0.25) is 0 Å². The van der Waals surface area contributed by atoms with Gasteiger partial charge in [0.05, 0.1) is 69.4 Å². The highest BCUT2D eigenvalue weighted by molar-refractivity contribution is 5.91. The van der Waals surface area contributed by atoms with E-state index in [0.717, 1.165) is 11.1 Å². The Kier molecular flexibility index (Phi) is 21.1. The molecule has 70 heavy (non-hydrogen) atoms. The summed E-state index contributed by atoms with van der Waals surface area (Å²) in [5.74, 6) is -1.94. The minimum atomic E-state index is -1.26. The monoisotopic (exact) mass is 985 g/mol. The number of aromatic nitrogens is 2. The van der Waals surface area contributed by atoms with Crippen molar-refractivity contribution in [3.63, 3.8) is 0 Å². The van der Waals surface area contributed by atoms with Gasteiger partial charge in [0.25, 0.3) is 0 Å². The number of aliphatic hydroxyl groups is 3. The number of ether oxygens (including phenoxy) is 9. The molecule has 1 aromatic carbocycles. The van der Waals surface area contributed by atoms with Gasteiger partial charge in [-0.25, -0.2) is 4.98 Å². The average molecular weight is 985 g/mol. The Balaban J connectivity index is 1.29. The number of allylic oxidation sites excluding steroid dienone is 3. The summed E-state index contributed by atoms with van der Waals surface area (Å²) in [6.45, 7) is 9.89. The zero-order chi connectivity index (χ0) is 50.5. The minimum Gasteiger partial charge on any atom is -0.465 e. The first-order chi connectivity index (χ1) is 33.6. The van der Waals surface area contributed by atoms with Gasteiger partial charge in [-0.2, -0.15) is 0 Å². The van der Waals surface area contributed by atoms with Gasteiger partial charge in [-0.15, -0.1) is 0 Å². The summed E-state index contributed by atoms with van der Waals surface area (Å²) in [7, 11) is 6.50. The first kappa shape index (κ1) is 55.4. The number of esters is 1. The summed E-state index contributed by atoms with van der Waals surface area (Å²) < 4.78 is 57.5. The fourth-order valence-electron chi connectivity index (χ4n) is 9.69. The van der Waals surface area contributed by atoms with Crippen LogP contribution in [0.2, 0.25) is 0 Å². The van der Waals surface area contributed by atoms with Crippen LogP contribution in [-0.2, 0) is 70.2 Å². The molecular formula is C51H76N4O15. The Labute approximate surface area is 412 Å². The Morgan fingerprint density at radius 3 is 2.36 bits per heavy atom. The normalized spacial score (nSPS) is 37.3. The lowest BCUT2D eigenvalue weighted by Gasteiger charge is -2.47. The Morgan fingerprint density at radius 1 is 0.900 bits per heavy atom. The van der Waals surface area contributed by atoms with Crippen LogP contribution in [0.3, 0.4) is 0 Å². The number of aliphatic hydroxyl groups excluding tert-OH is 3. The van der Waals surface area contributed by atoms with Gasteiger partial charge in [-0.1, -0.05) is 67.1 Å². The lowest BCUT2D eigenvalue weighted by molar-refractivity contribution is -0.305. The SMILES string of the molecule is CO[C@@H]1[C@H](O)[C@@H](C)O[C@@H](OC[C@H]2/C=C(C)/C=C/C(=O)[C@H](C)CC3CCOC/C(=N\OCc4nccn4Cc4ccccc4)CO[C@H](CC(=O)OC2)[C@H](C)[C@H]3O[C@@H]2O[C@H](C)[C@@H](O)[C@H](N(C)C)[C@H]2O)[C@@H]1OC. The van der Waals surface area contributed by atoms with Crippen LogP contribution in [0.25, 0.3) is 0 Å². The molecule has 0 aliphatic carbocycles. The van der Waals surface area contributed by atoms with Gasteiger partial charge in [-0.05, 0) is 65.3 Å². The molecule has 4 aliphatic rings. The molecule has 19 heteroatoms. The van der Waals surface area contributed by atoms with Crippen LogP contribution in [-0.4, -0.2) is 182 Å². The van der Waals surface area contributed by atoms with Crippen LogP contribution < -0.4 is 0 Å². The number of imidazole rings is 1. The summed E-state index contributed by atoms with van der Waals surface area (Å²) >= 11 is 0. The number of hydrogen-bond acceptors (Lipinski definition) is 18. The number of carbonyl (C=O) groups is 2. The van der Waals surface area contributed by atoms with Gasteiger partial charge in [-0.3, -0.25) is 9.59 Å². The molecule has 0 spiro atoms. The molecule has 19 nitrogen and oxygen atoms in total. The van der Waals surface area contributed by atoms with E-state index in [-0.39, 0.29) is 57.8 Å². The molecule has 3 N–H and O–H groups in total. The number of oxime groups is 1. The van der Waals surface area contributed by atoms with Crippen molar-refractivity contribution in [3.8, 4) is 0 Å². The second-order valence-corrected chi connectivity index (χ2v) is 19.3. The zero-order valence-corrected chi connectivity index (χ0v) is 42.1. The van der Waals surface area contributed by atoms with Gasteiger partial charge in [0.1, 0.15) is 36.0 Å². The molecule has 390 valence electrons. The predicted molar refractivity (Wildman–Crippen MR) is 255 cm³/mol. The fourth-order valence-corrected chi connectivity index (χ4v) is 9.69. The maximum atomic E-state index is 14.2. The number of likely N-dealkylation sites (N-methyl/N-ethyl adjacent to an activating group) is 1. The first-order valence-corrected chi connectivity index (χ1v) is 24.4. The highest BCUT2D eigenvalue weighted by Gasteiger charge is 2.48. The second kappa shape index (κ2) is 26.7. The third-order valence-corrected chi connectivity index (χ3v) is 13.8. The summed E-state index contributed by atoms with van der Waals surface area (Å²) in [5, 5.41) is 38.0. The first-order valence-electron chi connectivity index (χ1n) is 24.4. The lowest BCUT2D eigenvalue weighted by atomic mass is 9.79. The van der Waals surface area contributed by atoms with Crippen molar-refractivity contribution in [2.45, 2.75) is 141 Å². The molecule has 0 saturated carbocycles. The van der Waals surface area contributed by atoms with Crippen LogP contribution in [0.5, 0.6) is 0 Å². The van der Waals surface area contributed by atoms with Gasteiger partial charge in [0, 0.05) is 57.5 Å².